The Bertz CT molecular complexity index is 351. The minimum atomic E-state index is 0.267. The molecule has 0 fully saturated rings. The fourth-order valence-corrected chi connectivity index (χ4v) is 0.990. The van der Waals surface area contributed by atoms with Crippen molar-refractivity contribution in [2.45, 2.75) is 0 Å². The van der Waals surface area contributed by atoms with Gasteiger partial charge in [-0.05, 0) is 24.3 Å². The van der Waals surface area contributed by atoms with Gasteiger partial charge in [0.15, 0.2) is 0 Å². The molecule has 1 N–H and O–H groups in total. The van der Waals surface area contributed by atoms with E-state index >= 15 is 0 Å². The summed E-state index contributed by atoms with van der Waals surface area (Å²) in [5.41, 5.74) is 0.960. The number of nitrogens with zero attached hydrogens (tertiary/aromatic N) is 2. The molecule has 0 bridgehead atoms. The molecule has 0 saturated carbocycles. The monoisotopic (exact) mass is 159 g/mol. The zero-order valence-electron chi connectivity index (χ0n) is 6.31. The normalized spacial score (nSPS) is 10.0. The predicted molar refractivity (Wildman–Crippen MR) is 44.1 cm³/mol. The van der Waals surface area contributed by atoms with Gasteiger partial charge in [-0.15, -0.1) is 0 Å². The highest BCUT2D eigenvalue weighted by Gasteiger charge is 1.93. The number of phenolic OH excluding ortho intramolecular Hbond substituents is 1. The van der Waals surface area contributed by atoms with E-state index in [-0.39, 0.29) is 5.75 Å². The second kappa shape index (κ2) is 2.70. The number of aromatic nitrogens is 2. The third-order valence-electron chi connectivity index (χ3n) is 1.60. The first-order valence-electron chi connectivity index (χ1n) is 3.56. The average Bonchev–Trinajstić information content (AvgIpc) is 2.58. The molecule has 0 amide bonds. The van der Waals surface area contributed by atoms with Crippen molar-refractivity contribution in [3.05, 3.63) is 43.0 Å². The van der Waals surface area contributed by atoms with Crippen LogP contribution in [0.25, 0.3) is 5.69 Å². The van der Waals surface area contributed by atoms with Crippen molar-refractivity contribution in [2.24, 2.45) is 0 Å². The van der Waals surface area contributed by atoms with Gasteiger partial charge in [0.1, 0.15) is 11.9 Å². The molecule has 12 heavy (non-hydrogen) atoms. The lowest BCUT2D eigenvalue weighted by Gasteiger charge is -2.00. The fraction of sp³-hybridized carbons (Fsp3) is 0. The van der Waals surface area contributed by atoms with Gasteiger partial charge in [0.2, 0.25) is 0 Å². The van der Waals surface area contributed by atoms with Crippen LogP contribution in [0.15, 0.2) is 36.8 Å². The van der Waals surface area contributed by atoms with E-state index in [1.165, 1.54) is 0 Å². The molecule has 0 saturated heterocycles. The highest BCUT2D eigenvalue weighted by Crippen LogP contribution is 2.12. The lowest BCUT2D eigenvalue weighted by atomic mass is 10.3. The Labute approximate surface area is 69.9 Å². The molecule has 1 heterocycles. The fourth-order valence-electron chi connectivity index (χ4n) is 0.990. The molecule has 0 aliphatic rings. The highest BCUT2D eigenvalue weighted by molar-refractivity contribution is 5.36. The van der Waals surface area contributed by atoms with Gasteiger partial charge in [-0.25, -0.2) is 4.98 Å². The third-order valence-corrected chi connectivity index (χ3v) is 1.60. The molecule has 1 radical (unpaired) electrons. The molecule has 2 rings (SSSR count). The van der Waals surface area contributed by atoms with Crippen LogP contribution in [-0.4, -0.2) is 14.7 Å². The Morgan fingerprint density at radius 2 is 2.00 bits per heavy atom. The largest absolute Gasteiger partial charge is 0.508 e. The van der Waals surface area contributed by atoms with E-state index in [0.717, 1.165) is 5.69 Å². The maximum absolute atomic E-state index is 9.02. The van der Waals surface area contributed by atoms with E-state index in [1.54, 1.807) is 24.7 Å². The van der Waals surface area contributed by atoms with Crippen LogP contribution in [0.4, 0.5) is 0 Å². The third kappa shape index (κ3) is 1.16. The first kappa shape index (κ1) is 6.91. The lowest BCUT2D eigenvalue weighted by Crippen LogP contribution is -1.87. The van der Waals surface area contributed by atoms with Crippen LogP contribution in [-0.2, 0) is 0 Å². The quantitative estimate of drug-likeness (QED) is 0.682. The summed E-state index contributed by atoms with van der Waals surface area (Å²) in [5.74, 6) is 0.267. The van der Waals surface area contributed by atoms with Gasteiger partial charge < -0.3 is 9.67 Å². The second-order valence-electron chi connectivity index (χ2n) is 2.43. The Kier molecular flexibility index (Phi) is 1.55. The molecule has 0 aliphatic carbocycles. The van der Waals surface area contributed by atoms with Crippen molar-refractivity contribution < 1.29 is 5.11 Å². The van der Waals surface area contributed by atoms with Crippen LogP contribution in [0.2, 0.25) is 0 Å². The molecule has 0 spiro atoms. The zero-order valence-corrected chi connectivity index (χ0v) is 6.31. The van der Waals surface area contributed by atoms with Crippen LogP contribution in [0, 0.1) is 6.20 Å². The van der Waals surface area contributed by atoms with Gasteiger partial charge in [0.05, 0.1) is 6.33 Å². The van der Waals surface area contributed by atoms with Gasteiger partial charge in [-0.1, -0.05) is 0 Å². The van der Waals surface area contributed by atoms with Crippen molar-refractivity contribution in [2.75, 3.05) is 0 Å². The smallest absolute Gasteiger partial charge is 0.115 e. The van der Waals surface area contributed by atoms with Gasteiger partial charge in [-0.3, -0.25) is 0 Å². The number of aromatic hydroxyl groups is 1. The van der Waals surface area contributed by atoms with Gasteiger partial charge in [0.25, 0.3) is 0 Å². The summed E-state index contributed by atoms with van der Waals surface area (Å²) in [6.07, 6.45) is 6.08. The lowest BCUT2D eigenvalue weighted by molar-refractivity contribution is 0.475. The Balaban J connectivity index is 2.43. The summed E-state index contributed by atoms with van der Waals surface area (Å²) in [7, 11) is 0. The number of phenols is 1. The van der Waals surface area contributed by atoms with Crippen molar-refractivity contribution in [1.29, 1.82) is 0 Å². The minimum absolute atomic E-state index is 0.267. The Morgan fingerprint density at radius 1 is 1.25 bits per heavy atom. The zero-order chi connectivity index (χ0) is 8.39. The van der Waals surface area contributed by atoms with Crippen LogP contribution >= 0.6 is 0 Å². The molecular weight excluding hydrogens is 152 g/mol. The first-order valence-corrected chi connectivity index (χ1v) is 3.56. The van der Waals surface area contributed by atoms with E-state index in [1.807, 2.05) is 16.7 Å². The van der Waals surface area contributed by atoms with E-state index < -0.39 is 0 Å². The van der Waals surface area contributed by atoms with Crippen molar-refractivity contribution in [1.82, 2.24) is 9.55 Å². The van der Waals surface area contributed by atoms with Crippen molar-refractivity contribution in [3.63, 3.8) is 0 Å². The van der Waals surface area contributed by atoms with Crippen LogP contribution in [0.5, 0.6) is 5.75 Å². The van der Waals surface area contributed by atoms with E-state index in [2.05, 4.69) is 11.2 Å². The highest BCUT2D eigenvalue weighted by atomic mass is 16.3. The average molecular weight is 159 g/mol. The minimum Gasteiger partial charge on any atom is -0.508 e. The van der Waals surface area contributed by atoms with E-state index in [9.17, 15) is 0 Å². The van der Waals surface area contributed by atoms with Gasteiger partial charge >= 0.3 is 0 Å². The number of rotatable bonds is 1. The molecule has 59 valence electrons. The predicted octanol–water partition coefficient (Wildman–Crippen LogP) is 1.38. The summed E-state index contributed by atoms with van der Waals surface area (Å²) < 4.78 is 1.82. The summed E-state index contributed by atoms with van der Waals surface area (Å²) >= 11 is 0. The number of hydrogen-bond donors (Lipinski definition) is 1. The van der Waals surface area contributed by atoms with Gasteiger partial charge in [0, 0.05) is 11.9 Å². The SMILES string of the molecule is Oc1ccc(-n2c[c]nc2)cc1. The Hall–Kier alpha value is -1.77. The number of imidazole rings is 1. The molecule has 1 aromatic heterocycles. The molecule has 1 aromatic carbocycles. The first-order chi connectivity index (χ1) is 5.86. The summed E-state index contributed by atoms with van der Waals surface area (Å²) in [6, 6.07) is 6.89. The Morgan fingerprint density at radius 3 is 2.58 bits per heavy atom. The number of hydrogen-bond acceptors (Lipinski definition) is 2. The maximum Gasteiger partial charge on any atom is 0.115 e. The van der Waals surface area contributed by atoms with Crippen LogP contribution in [0.1, 0.15) is 0 Å². The van der Waals surface area contributed by atoms with E-state index in [4.69, 9.17) is 5.11 Å². The molecule has 0 unspecified atom stereocenters. The maximum atomic E-state index is 9.02. The van der Waals surface area contributed by atoms with Crippen LogP contribution in [0.3, 0.4) is 0 Å². The van der Waals surface area contributed by atoms with Gasteiger partial charge in [-0.2, -0.15) is 0 Å². The molecule has 0 atom stereocenters. The standard InChI is InChI=1S/C9H7N2O/c12-9-3-1-8(2-4-9)11-6-5-10-7-11/h1-4,6-7,12H. The van der Waals surface area contributed by atoms with E-state index in [0.29, 0.717) is 0 Å². The van der Waals surface area contributed by atoms with Crippen molar-refractivity contribution in [3.8, 4) is 11.4 Å². The van der Waals surface area contributed by atoms with Crippen molar-refractivity contribution >= 4 is 0 Å². The summed E-state index contributed by atoms with van der Waals surface area (Å²) in [4.78, 5) is 3.80. The van der Waals surface area contributed by atoms with Crippen LogP contribution < -0.4 is 0 Å². The molecule has 3 heteroatoms. The molecular formula is C9H7N2O. The number of benzene rings is 1. The summed E-state index contributed by atoms with van der Waals surface area (Å²) in [6.45, 7) is 0. The molecule has 3 nitrogen and oxygen atoms in total. The second-order valence-corrected chi connectivity index (χ2v) is 2.43. The molecule has 0 aliphatic heterocycles. The topological polar surface area (TPSA) is 38.0 Å². The molecule has 2 aromatic rings. The summed E-state index contributed by atoms with van der Waals surface area (Å²) in [5, 5.41) is 9.02.